The van der Waals surface area contributed by atoms with Gasteiger partial charge in [0.25, 0.3) is 0 Å². The number of nitrogens with zero attached hydrogens (tertiary/aromatic N) is 1. The Morgan fingerprint density at radius 1 is 0.923 bits per heavy atom. The highest BCUT2D eigenvalue weighted by molar-refractivity contribution is 5.78. The lowest BCUT2D eigenvalue weighted by atomic mass is 10.0. The zero-order chi connectivity index (χ0) is 18.5. The third kappa shape index (κ3) is 4.42. The Kier molecular flexibility index (Phi) is 5.57. The van der Waals surface area contributed by atoms with E-state index >= 15 is 0 Å². The second kappa shape index (κ2) is 8.05. The summed E-state index contributed by atoms with van der Waals surface area (Å²) in [6.45, 7) is 7.01. The van der Waals surface area contributed by atoms with Crippen molar-refractivity contribution < 1.29 is 9.21 Å². The normalized spacial score (nSPS) is 10.9. The molecule has 0 saturated carbocycles. The minimum Gasteiger partial charge on any atom is -0.467 e. The van der Waals surface area contributed by atoms with E-state index in [2.05, 4.69) is 55.5 Å². The van der Waals surface area contributed by atoms with E-state index in [1.165, 1.54) is 16.7 Å². The molecule has 134 valence electrons. The molecule has 26 heavy (non-hydrogen) atoms. The molecule has 1 heterocycles. The Hall–Kier alpha value is -2.81. The molecule has 3 heteroatoms. The average molecular weight is 347 g/mol. The van der Waals surface area contributed by atoms with E-state index in [4.69, 9.17) is 4.42 Å². The Bertz CT molecular complexity index is 831. The van der Waals surface area contributed by atoms with Gasteiger partial charge in [-0.05, 0) is 35.7 Å². The van der Waals surface area contributed by atoms with Crippen LogP contribution in [0.3, 0.4) is 0 Å². The molecule has 0 spiro atoms. The SMILES string of the molecule is Cc1ccc(-c2ccc(CN(Cc3ccco3)C(=O)C(C)C)cc2)cc1. The van der Waals surface area contributed by atoms with E-state index in [1.54, 1.807) is 6.26 Å². The molecule has 0 bridgehead atoms. The number of rotatable bonds is 6. The molecule has 0 N–H and O–H groups in total. The monoisotopic (exact) mass is 347 g/mol. The first-order valence-corrected chi connectivity index (χ1v) is 9.00. The summed E-state index contributed by atoms with van der Waals surface area (Å²) in [6.07, 6.45) is 1.64. The first-order valence-electron chi connectivity index (χ1n) is 9.00. The Labute approximate surface area is 155 Å². The van der Waals surface area contributed by atoms with Crippen LogP contribution in [0.1, 0.15) is 30.7 Å². The summed E-state index contributed by atoms with van der Waals surface area (Å²) in [6, 6.07) is 20.7. The minimum absolute atomic E-state index is 0.0446. The molecule has 0 fully saturated rings. The van der Waals surface area contributed by atoms with Gasteiger partial charge in [0.1, 0.15) is 5.76 Å². The van der Waals surface area contributed by atoms with Crippen molar-refractivity contribution in [1.29, 1.82) is 0 Å². The number of aryl methyl sites for hydroxylation is 1. The summed E-state index contributed by atoms with van der Waals surface area (Å²) in [5.74, 6) is 0.885. The van der Waals surface area contributed by atoms with Gasteiger partial charge in [-0.1, -0.05) is 67.9 Å². The second-order valence-corrected chi connectivity index (χ2v) is 6.99. The highest BCUT2D eigenvalue weighted by Gasteiger charge is 2.18. The summed E-state index contributed by atoms with van der Waals surface area (Å²) in [4.78, 5) is 14.4. The van der Waals surface area contributed by atoms with Gasteiger partial charge in [0.2, 0.25) is 5.91 Å². The van der Waals surface area contributed by atoms with E-state index in [9.17, 15) is 4.79 Å². The molecule has 1 aromatic heterocycles. The van der Waals surface area contributed by atoms with Crippen molar-refractivity contribution in [3.8, 4) is 11.1 Å². The summed E-state index contributed by atoms with van der Waals surface area (Å²) in [5, 5.41) is 0. The third-order valence-electron chi connectivity index (χ3n) is 4.44. The molecule has 0 radical (unpaired) electrons. The topological polar surface area (TPSA) is 33.5 Å². The number of furan rings is 1. The van der Waals surface area contributed by atoms with Crippen LogP contribution in [0, 0.1) is 12.8 Å². The van der Waals surface area contributed by atoms with Crippen molar-refractivity contribution in [1.82, 2.24) is 4.90 Å². The van der Waals surface area contributed by atoms with Crippen molar-refractivity contribution in [2.75, 3.05) is 0 Å². The standard InChI is InChI=1S/C23H25NO2/c1-17(2)23(25)24(16-22-5-4-14-26-22)15-19-8-12-21(13-9-19)20-10-6-18(3)7-11-20/h4-14,17H,15-16H2,1-3H3. The van der Waals surface area contributed by atoms with Gasteiger partial charge in [0.15, 0.2) is 0 Å². The molecule has 3 aromatic rings. The van der Waals surface area contributed by atoms with Crippen molar-refractivity contribution in [3.05, 3.63) is 83.8 Å². The van der Waals surface area contributed by atoms with Crippen LogP contribution < -0.4 is 0 Å². The lowest BCUT2D eigenvalue weighted by Gasteiger charge is -2.24. The van der Waals surface area contributed by atoms with Crippen LogP contribution in [0.15, 0.2) is 71.3 Å². The number of carbonyl (C=O) groups is 1. The lowest BCUT2D eigenvalue weighted by molar-refractivity contribution is -0.136. The molecule has 0 atom stereocenters. The van der Waals surface area contributed by atoms with Gasteiger partial charge in [-0.15, -0.1) is 0 Å². The summed E-state index contributed by atoms with van der Waals surface area (Å²) >= 11 is 0. The van der Waals surface area contributed by atoms with Gasteiger partial charge in [-0.25, -0.2) is 0 Å². The van der Waals surface area contributed by atoms with Gasteiger partial charge in [0.05, 0.1) is 12.8 Å². The van der Waals surface area contributed by atoms with Crippen LogP contribution in [0.2, 0.25) is 0 Å². The van der Waals surface area contributed by atoms with Crippen molar-refractivity contribution in [2.24, 2.45) is 5.92 Å². The second-order valence-electron chi connectivity index (χ2n) is 6.99. The van der Waals surface area contributed by atoms with Gasteiger partial charge in [-0.2, -0.15) is 0 Å². The number of hydrogen-bond acceptors (Lipinski definition) is 2. The molecular weight excluding hydrogens is 322 g/mol. The van der Waals surface area contributed by atoms with Crippen molar-refractivity contribution >= 4 is 5.91 Å². The van der Waals surface area contributed by atoms with Gasteiger partial charge in [0, 0.05) is 12.5 Å². The van der Waals surface area contributed by atoms with E-state index in [0.717, 1.165) is 11.3 Å². The maximum atomic E-state index is 12.6. The van der Waals surface area contributed by atoms with Crippen molar-refractivity contribution in [3.63, 3.8) is 0 Å². The zero-order valence-corrected chi connectivity index (χ0v) is 15.6. The Morgan fingerprint density at radius 3 is 2.08 bits per heavy atom. The number of hydrogen-bond donors (Lipinski definition) is 0. The highest BCUT2D eigenvalue weighted by atomic mass is 16.3. The van der Waals surface area contributed by atoms with E-state index in [-0.39, 0.29) is 11.8 Å². The molecule has 0 aliphatic rings. The molecule has 2 aromatic carbocycles. The highest BCUT2D eigenvalue weighted by Crippen LogP contribution is 2.21. The predicted octanol–water partition coefficient (Wildman–Crippen LogP) is 5.44. The molecule has 0 saturated heterocycles. The Balaban J connectivity index is 1.75. The zero-order valence-electron chi connectivity index (χ0n) is 15.6. The van der Waals surface area contributed by atoms with Crippen LogP contribution in [0.25, 0.3) is 11.1 Å². The number of benzene rings is 2. The van der Waals surface area contributed by atoms with Crippen LogP contribution >= 0.6 is 0 Å². The molecule has 3 rings (SSSR count). The summed E-state index contributed by atoms with van der Waals surface area (Å²) in [7, 11) is 0. The molecule has 0 unspecified atom stereocenters. The van der Waals surface area contributed by atoms with Crippen LogP contribution in [0.4, 0.5) is 0 Å². The van der Waals surface area contributed by atoms with Crippen molar-refractivity contribution in [2.45, 2.75) is 33.9 Å². The summed E-state index contributed by atoms with van der Waals surface area (Å²) < 4.78 is 5.42. The molecule has 3 nitrogen and oxygen atoms in total. The quantitative estimate of drug-likeness (QED) is 0.595. The fraction of sp³-hybridized carbons (Fsp3) is 0.261. The molecule has 0 aliphatic heterocycles. The molecule has 0 aliphatic carbocycles. The first-order chi connectivity index (χ1) is 12.5. The van der Waals surface area contributed by atoms with Crippen LogP contribution in [0.5, 0.6) is 0 Å². The number of amides is 1. The maximum Gasteiger partial charge on any atom is 0.225 e. The number of carbonyl (C=O) groups excluding carboxylic acids is 1. The summed E-state index contributed by atoms with van der Waals surface area (Å²) in [5.41, 5.74) is 4.75. The largest absolute Gasteiger partial charge is 0.467 e. The predicted molar refractivity (Wildman–Crippen MR) is 104 cm³/mol. The van der Waals surface area contributed by atoms with E-state index < -0.39 is 0 Å². The minimum atomic E-state index is -0.0446. The fourth-order valence-electron chi connectivity index (χ4n) is 2.94. The third-order valence-corrected chi connectivity index (χ3v) is 4.44. The van der Waals surface area contributed by atoms with Crippen LogP contribution in [-0.2, 0) is 17.9 Å². The van der Waals surface area contributed by atoms with E-state index in [1.807, 2.05) is 30.9 Å². The fourth-order valence-corrected chi connectivity index (χ4v) is 2.94. The molecule has 1 amide bonds. The maximum absolute atomic E-state index is 12.6. The van der Waals surface area contributed by atoms with Gasteiger partial charge >= 0.3 is 0 Å². The Morgan fingerprint density at radius 2 is 1.54 bits per heavy atom. The first kappa shape index (κ1) is 18.0. The van der Waals surface area contributed by atoms with Gasteiger partial charge < -0.3 is 9.32 Å². The lowest BCUT2D eigenvalue weighted by Crippen LogP contribution is -2.33. The van der Waals surface area contributed by atoms with Crippen LogP contribution in [-0.4, -0.2) is 10.8 Å². The average Bonchev–Trinajstić information content (AvgIpc) is 3.15. The van der Waals surface area contributed by atoms with Gasteiger partial charge in [-0.3, -0.25) is 4.79 Å². The van der Waals surface area contributed by atoms with E-state index in [0.29, 0.717) is 13.1 Å². The molecular formula is C23H25NO2. The smallest absolute Gasteiger partial charge is 0.225 e.